The van der Waals surface area contributed by atoms with Crippen molar-refractivity contribution in [1.82, 2.24) is 24.9 Å². The molecule has 2 heterocycles. The topological polar surface area (TPSA) is 64.7 Å². The summed E-state index contributed by atoms with van der Waals surface area (Å²) in [6, 6.07) is 3.41. The number of carbonyl (C=O) groups is 1. The molecule has 2 unspecified atom stereocenters. The van der Waals surface area contributed by atoms with Crippen molar-refractivity contribution in [2.45, 2.75) is 46.3 Å². The Balaban J connectivity index is 2.06. The van der Waals surface area contributed by atoms with Gasteiger partial charge >= 0.3 is 0 Å². The molecule has 0 aromatic carbocycles. The lowest BCUT2D eigenvalue weighted by Crippen LogP contribution is -2.34. The highest BCUT2D eigenvalue weighted by atomic mass is 16.2. The lowest BCUT2D eigenvalue weighted by Gasteiger charge is -2.19. The van der Waals surface area contributed by atoms with Crippen molar-refractivity contribution in [3.05, 3.63) is 35.9 Å². The van der Waals surface area contributed by atoms with E-state index < -0.39 is 0 Å². The molecule has 1 amide bonds. The van der Waals surface area contributed by atoms with E-state index in [4.69, 9.17) is 0 Å². The minimum atomic E-state index is -0.328. The van der Waals surface area contributed by atoms with Crippen molar-refractivity contribution >= 4 is 5.91 Å². The number of nitrogens with one attached hydrogen (secondary N) is 1. The van der Waals surface area contributed by atoms with Gasteiger partial charge in [0.25, 0.3) is 0 Å². The molecule has 2 atom stereocenters. The lowest BCUT2D eigenvalue weighted by atomic mass is 10.2. The number of rotatable bonds is 5. The van der Waals surface area contributed by atoms with Gasteiger partial charge in [-0.3, -0.25) is 14.2 Å². The second kappa shape index (κ2) is 5.90. The predicted molar refractivity (Wildman–Crippen MR) is 76.1 cm³/mol. The van der Waals surface area contributed by atoms with Gasteiger partial charge in [0, 0.05) is 24.6 Å². The van der Waals surface area contributed by atoms with Gasteiger partial charge in [0.2, 0.25) is 5.91 Å². The van der Waals surface area contributed by atoms with Crippen LogP contribution < -0.4 is 5.32 Å². The molecule has 2 rings (SSSR count). The minimum absolute atomic E-state index is 0.0480. The third kappa shape index (κ3) is 2.74. The summed E-state index contributed by atoms with van der Waals surface area (Å²) in [5.74, 6) is -0.0480. The molecule has 6 nitrogen and oxygen atoms in total. The second-order valence-corrected chi connectivity index (χ2v) is 4.90. The van der Waals surface area contributed by atoms with Gasteiger partial charge < -0.3 is 5.32 Å². The summed E-state index contributed by atoms with van der Waals surface area (Å²) in [4.78, 5) is 12.3. The third-order valence-corrected chi connectivity index (χ3v) is 3.47. The average molecular weight is 275 g/mol. The van der Waals surface area contributed by atoms with Gasteiger partial charge in [0.15, 0.2) is 0 Å². The smallest absolute Gasteiger partial charge is 0.245 e. The highest BCUT2D eigenvalue weighted by Gasteiger charge is 2.20. The number of hydrogen-bond donors (Lipinski definition) is 1. The maximum Gasteiger partial charge on any atom is 0.245 e. The van der Waals surface area contributed by atoms with Crippen molar-refractivity contribution in [1.29, 1.82) is 0 Å². The Labute approximate surface area is 118 Å². The summed E-state index contributed by atoms with van der Waals surface area (Å²) >= 11 is 0. The van der Waals surface area contributed by atoms with Gasteiger partial charge in [-0.25, -0.2) is 0 Å². The molecule has 0 aliphatic heterocycles. The maximum atomic E-state index is 12.3. The molecule has 108 valence electrons. The second-order valence-electron chi connectivity index (χ2n) is 4.90. The Hall–Kier alpha value is -2.11. The van der Waals surface area contributed by atoms with E-state index >= 15 is 0 Å². The third-order valence-electron chi connectivity index (χ3n) is 3.47. The van der Waals surface area contributed by atoms with Crippen LogP contribution >= 0.6 is 0 Å². The molecule has 0 aliphatic carbocycles. The zero-order valence-electron chi connectivity index (χ0n) is 12.4. The van der Waals surface area contributed by atoms with Crippen molar-refractivity contribution < 1.29 is 4.79 Å². The number of amides is 1. The monoisotopic (exact) mass is 275 g/mol. The Morgan fingerprint density at radius 1 is 1.30 bits per heavy atom. The Morgan fingerprint density at radius 3 is 2.60 bits per heavy atom. The van der Waals surface area contributed by atoms with E-state index in [0.29, 0.717) is 0 Å². The van der Waals surface area contributed by atoms with Crippen LogP contribution in [0.15, 0.2) is 24.5 Å². The molecule has 0 spiro atoms. The molecule has 0 saturated heterocycles. The van der Waals surface area contributed by atoms with E-state index in [1.165, 1.54) is 0 Å². The fourth-order valence-corrected chi connectivity index (χ4v) is 2.28. The van der Waals surface area contributed by atoms with Crippen molar-refractivity contribution in [2.75, 3.05) is 0 Å². The van der Waals surface area contributed by atoms with E-state index in [2.05, 4.69) is 15.5 Å². The highest BCUT2D eigenvalue weighted by Crippen LogP contribution is 2.14. The average Bonchev–Trinajstić information content (AvgIpc) is 3.05. The maximum absolute atomic E-state index is 12.3. The normalized spacial score (nSPS) is 14.0. The van der Waals surface area contributed by atoms with Crippen LogP contribution in [-0.4, -0.2) is 25.5 Å². The van der Waals surface area contributed by atoms with Gasteiger partial charge in [-0.2, -0.15) is 10.2 Å². The Bertz CT molecular complexity index is 586. The van der Waals surface area contributed by atoms with Crippen LogP contribution in [0.25, 0.3) is 0 Å². The lowest BCUT2D eigenvalue weighted by molar-refractivity contribution is -0.124. The zero-order chi connectivity index (χ0) is 14.7. The van der Waals surface area contributed by atoms with E-state index in [1.807, 2.05) is 44.5 Å². The molecule has 0 fully saturated rings. The summed E-state index contributed by atoms with van der Waals surface area (Å²) < 4.78 is 3.61. The van der Waals surface area contributed by atoms with Gasteiger partial charge in [0.05, 0.1) is 11.7 Å². The van der Waals surface area contributed by atoms with Gasteiger partial charge in [-0.15, -0.1) is 0 Å². The summed E-state index contributed by atoms with van der Waals surface area (Å²) in [6.07, 6.45) is 3.46. The number of aryl methyl sites for hydroxylation is 2. The van der Waals surface area contributed by atoms with Gasteiger partial charge in [-0.05, 0) is 39.8 Å². The van der Waals surface area contributed by atoms with Crippen LogP contribution in [0.2, 0.25) is 0 Å². The molecule has 20 heavy (non-hydrogen) atoms. The Kier molecular flexibility index (Phi) is 4.22. The van der Waals surface area contributed by atoms with E-state index in [0.717, 1.165) is 17.9 Å². The van der Waals surface area contributed by atoms with Gasteiger partial charge in [-0.1, -0.05) is 0 Å². The Morgan fingerprint density at radius 2 is 2.00 bits per heavy atom. The first-order valence-corrected chi connectivity index (χ1v) is 6.86. The molecule has 0 radical (unpaired) electrons. The molecular formula is C14H21N5O. The fourth-order valence-electron chi connectivity index (χ4n) is 2.28. The standard InChI is InChI=1S/C14H21N5O/c1-5-18-13(7-9-15-18)11(3)17-14(20)12(4)19-10(2)6-8-16-19/h6-9,11-12H,5H2,1-4H3,(H,17,20). The van der Waals surface area contributed by atoms with Crippen molar-refractivity contribution in [3.8, 4) is 0 Å². The minimum Gasteiger partial charge on any atom is -0.346 e. The first kappa shape index (κ1) is 14.3. The number of nitrogens with zero attached hydrogens (tertiary/aromatic N) is 4. The SMILES string of the molecule is CCn1nccc1C(C)NC(=O)C(C)n1nccc1C. The molecule has 0 aliphatic rings. The van der Waals surface area contributed by atoms with Crippen molar-refractivity contribution in [3.63, 3.8) is 0 Å². The zero-order valence-corrected chi connectivity index (χ0v) is 12.4. The molecular weight excluding hydrogens is 254 g/mol. The first-order valence-electron chi connectivity index (χ1n) is 6.86. The molecule has 2 aromatic rings. The summed E-state index contributed by atoms with van der Waals surface area (Å²) in [5.41, 5.74) is 1.98. The number of carbonyl (C=O) groups excluding carboxylic acids is 1. The number of hydrogen-bond acceptors (Lipinski definition) is 3. The van der Waals surface area contributed by atoms with Crippen LogP contribution in [0.4, 0.5) is 0 Å². The number of aromatic nitrogens is 4. The first-order chi connectivity index (χ1) is 9.54. The quantitative estimate of drug-likeness (QED) is 0.905. The van der Waals surface area contributed by atoms with Crippen LogP contribution in [0.1, 0.15) is 44.2 Å². The molecule has 6 heteroatoms. The molecule has 1 N–H and O–H groups in total. The molecule has 0 saturated carbocycles. The van der Waals surface area contributed by atoms with E-state index in [9.17, 15) is 4.79 Å². The summed E-state index contributed by atoms with van der Waals surface area (Å²) in [7, 11) is 0. The summed E-state index contributed by atoms with van der Waals surface area (Å²) in [5, 5.41) is 11.4. The van der Waals surface area contributed by atoms with Crippen LogP contribution in [0.3, 0.4) is 0 Å². The van der Waals surface area contributed by atoms with Crippen LogP contribution in [0, 0.1) is 6.92 Å². The van der Waals surface area contributed by atoms with Crippen molar-refractivity contribution in [2.24, 2.45) is 0 Å². The highest BCUT2D eigenvalue weighted by molar-refractivity contribution is 5.80. The van der Waals surface area contributed by atoms with Crippen LogP contribution in [-0.2, 0) is 11.3 Å². The molecule has 2 aromatic heterocycles. The molecule has 0 bridgehead atoms. The van der Waals surface area contributed by atoms with Crippen LogP contribution in [0.5, 0.6) is 0 Å². The summed E-state index contributed by atoms with van der Waals surface area (Å²) in [6.45, 7) is 8.56. The van der Waals surface area contributed by atoms with E-state index in [-0.39, 0.29) is 18.0 Å². The van der Waals surface area contributed by atoms with Gasteiger partial charge in [0.1, 0.15) is 6.04 Å². The predicted octanol–water partition coefficient (Wildman–Crippen LogP) is 1.85. The fraction of sp³-hybridized carbons (Fsp3) is 0.500. The largest absolute Gasteiger partial charge is 0.346 e. The van der Waals surface area contributed by atoms with E-state index in [1.54, 1.807) is 17.1 Å².